The molecule has 0 radical (unpaired) electrons. The maximum atomic E-state index is 5.95. The van der Waals surface area contributed by atoms with Gasteiger partial charge in [0.25, 0.3) is 0 Å². The van der Waals surface area contributed by atoms with Crippen LogP contribution in [0.2, 0.25) is 0 Å². The number of hydrogen-bond acceptors (Lipinski definition) is 2. The number of nitrogens with zero attached hydrogens (tertiary/aromatic N) is 1. The lowest BCUT2D eigenvalue weighted by Gasteiger charge is -2.36. The molecule has 0 N–H and O–H groups in total. The molecule has 106 valence electrons. The molecule has 1 fully saturated rings. The zero-order chi connectivity index (χ0) is 14.0. The van der Waals surface area contributed by atoms with E-state index >= 15 is 0 Å². The third kappa shape index (κ3) is 3.71. The molecule has 19 heavy (non-hydrogen) atoms. The molecule has 2 nitrogen and oxygen atoms in total. The minimum atomic E-state index is 0.163. The molecule has 0 saturated carbocycles. The third-order valence-corrected chi connectivity index (χ3v) is 4.14. The van der Waals surface area contributed by atoms with Gasteiger partial charge in [-0.15, -0.1) is 11.6 Å². The average molecular weight is 282 g/mol. The second-order valence-corrected chi connectivity index (χ2v) is 6.10. The van der Waals surface area contributed by atoms with Crippen molar-refractivity contribution < 1.29 is 4.74 Å². The Morgan fingerprint density at radius 3 is 2.42 bits per heavy atom. The molecule has 1 aromatic carbocycles. The predicted octanol–water partition coefficient (Wildman–Crippen LogP) is 3.44. The normalized spacial score (nSPS) is 24.7. The summed E-state index contributed by atoms with van der Waals surface area (Å²) in [5.74, 6) is 0.576. The molecule has 3 heteroatoms. The van der Waals surface area contributed by atoms with E-state index in [1.807, 2.05) is 0 Å². The van der Waals surface area contributed by atoms with Gasteiger partial charge in [0.2, 0.25) is 0 Å². The first-order valence-corrected chi connectivity index (χ1v) is 7.53. The summed E-state index contributed by atoms with van der Waals surface area (Å²) in [5, 5.41) is 0. The zero-order valence-electron chi connectivity index (χ0n) is 12.4. The van der Waals surface area contributed by atoms with Crippen LogP contribution in [0, 0.1) is 20.8 Å². The van der Waals surface area contributed by atoms with E-state index in [0.29, 0.717) is 5.88 Å². The summed E-state index contributed by atoms with van der Waals surface area (Å²) < 4.78 is 5.81. The van der Waals surface area contributed by atoms with Crippen LogP contribution in [0.4, 0.5) is 0 Å². The van der Waals surface area contributed by atoms with Crippen molar-refractivity contribution in [2.45, 2.75) is 46.4 Å². The SMILES string of the molecule is Cc1cc(C)c(CN2CC(C)OC(CCl)C2)c(C)c1. The Morgan fingerprint density at radius 1 is 1.21 bits per heavy atom. The molecular weight excluding hydrogens is 258 g/mol. The molecule has 0 aromatic heterocycles. The van der Waals surface area contributed by atoms with Crippen molar-refractivity contribution in [3.63, 3.8) is 0 Å². The van der Waals surface area contributed by atoms with Crippen LogP contribution < -0.4 is 0 Å². The topological polar surface area (TPSA) is 12.5 Å². The molecule has 2 atom stereocenters. The van der Waals surface area contributed by atoms with Crippen LogP contribution in [0.1, 0.15) is 29.2 Å². The number of halogens is 1. The average Bonchev–Trinajstić information content (AvgIpc) is 2.33. The molecule has 1 aliphatic heterocycles. The molecular formula is C16H24ClNO. The fraction of sp³-hybridized carbons (Fsp3) is 0.625. The van der Waals surface area contributed by atoms with E-state index < -0.39 is 0 Å². The molecule has 1 heterocycles. The molecule has 1 aliphatic rings. The van der Waals surface area contributed by atoms with Crippen molar-refractivity contribution in [1.82, 2.24) is 4.90 Å². The highest BCUT2D eigenvalue weighted by atomic mass is 35.5. The molecule has 0 amide bonds. The van der Waals surface area contributed by atoms with Crippen LogP contribution in [-0.2, 0) is 11.3 Å². The van der Waals surface area contributed by atoms with Gasteiger partial charge in [-0.1, -0.05) is 17.7 Å². The van der Waals surface area contributed by atoms with Gasteiger partial charge in [0.15, 0.2) is 0 Å². The van der Waals surface area contributed by atoms with Crippen molar-refractivity contribution in [3.8, 4) is 0 Å². The molecule has 2 rings (SSSR count). The number of rotatable bonds is 3. The quantitative estimate of drug-likeness (QED) is 0.787. The van der Waals surface area contributed by atoms with E-state index in [1.54, 1.807) is 0 Å². The summed E-state index contributed by atoms with van der Waals surface area (Å²) >= 11 is 5.95. The summed E-state index contributed by atoms with van der Waals surface area (Å²) in [4.78, 5) is 2.46. The number of hydrogen-bond donors (Lipinski definition) is 0. The first kappa shape index (κ1) is 14.8. The van der Waals surface area contributed by atoms with Crippen LogP contribution in [-0.4, -0.2) is 36.1 Å². The lowest BCUT2D eigenvalue weighted by atomic mass is 9.99. The van der Waals surface area contributed by atoms with Crippen molar-refractivity contribution in [3.05, 3.63) is 34.4 Å². The highest BCUT2D eigenvalue weighted by Gasteiger charge is 2.25. The zero-order valence-corrected chi connectivity index (χ0v) is 13.1. The maximum Gasteiger partial charge on any atom is 0.0841 e. The van der Waals surface area contributed by atoms with E-state index in [2.05, 4.69) is 44.7 Å². The van der Waals surface area contributed by atoms with Gasteiger partial charge < -0.3 is 4.74 Å². The van der Waals surface area contributed by atoms with Crippen LogP contribution in [0.25, 0.3) is 0 Å². The Labute approximate surface area is 121 Å². The number of aryl methyl sites for hydroxylation is 3. The standard InChI is InChI=1S/C16H24ClNO/c1-11-5-12(2)16(13(3)6-11)10-18-8-14(4)19-15(7-17)9-18/h5-6,14-15H,7-10H2,1-4H3. The molecule has 1 saturated heterocycles. The van der Waals surface area contributed by atoms with Crippen LogP contribution in [0.15, 0.2) is 12.1 Å². The van der Waals surface area contributed by atoms with E-state index in [1.165, 1.54) is 22.3 Å². The monoisotopic (exact) mass is 281 g/mol. The lowest BCUT2D eigenvalue weighted by molar-refractivity contribution is -0.0689. The van der Waals surface area contributed by atoms with Gasteiger partial charge in [-0.3, -0.25) is 4.90 Å². The number of benzene rings is 1. The smallest absolute Gasteiger partial charge is 0.0841 e. The minimum absolute atomic E-state index is 0.163. The van der Waals surface area contributed by atoms with Crippen molar-refractivity contribution in [1.29, 1.82) is 0 Å². The van der Waals surface area contributed by atoms with Crippen LogP contribution in [0.5, 0.6) is 0 Å². The van der Waals surface area contributed by atoms with E-state index in [4.69, 9.17) is 16.3 Å². The Morgan fingerprint density at radius 2 is 1.84 bits per heavy atom. The van der Waals surface area contributed by atoms with Crippen LogP contribution in [0.3, 0.4) is 0 Å². The summed E-state index contributed by atoms with van der Waals surface area (Å²) in [7, 11) is 0. The highest BCUT2D eigenvalue weighted by Crippen LogP contribution is 2.21. The van der Waals surface area contributed by atoms with Crippen molar-refractivity contribution in [2.24, 2.45) is 0 Å². The van der Waals surface area contributed by atoms with E-state index in [-0.39, 0.29) is 12.2 Å². The third-order valence-electron chi connectivity index (χ3n) is 3.80. The van der Waals surface area contributed by atoms with Crippen molar-refractivity contribution in [2.75, 3.05) is 19.0 Å². The summed E-state index contributed by atoms with van der Waals surface area (Å²) in [6.07, 6.45) is 0.431. The summed E-state index contributed by atoms with van der Waals surface area (Å²) in [6, 6.07) is 4.54. The van der Waals surface area contributed by atoms with E-state index in [9.17, 15) is 0 Å². The minimum Gasteiger partial charge on any atom is -0.371 e. The number of alkyl halides is 1. The maximum absolute atomic E-state index is 5.95. The Balaban J connectivity index is 2.12. The van der Waals surface area contributed by atoms with Crippen LogP contribution >= 0.6 is 11.6 Å². The fourth-order valence-electron chi connectivity index (χ4n) is 3.04. The van der Waals surface area contributed by atoms with Gasteiger partial charge in [-0.2, -0.15) is 0 Å². The molecule has 0 spiro atoms. The first-order chi connectivity index (χ1) is 8.99. The van der Waals surface area contributed by atoms with Gasteiger partial charge >= 0.3 is 0 Å². The van der Waals surface area contributed by atoms with Crippen molar-refractivity contribution >= 4 is 11.6 Å². The predicted molar refractivity (Wildman–Crippen MR) is 81.0 cm³/mol. The second kappa shape index (κ2) is 6.25. The summed E-state index contributed by atoms with van der Waals surface area (Å²) in [5.41, 5.74) is 5.57. The Hall–Kier alpha value is -0.570. The Kier molecular flexibility index (Phi) is 4.88. The van der Waals surface area contributed by atoms with Gasteiger partial charge in [0.05, 0.1) is 12.2 Å². The molecule has 0 bridgehead atoms. The number of ether oxygens (including phenoxy) is 1. The highest BCUT2D eigenvalue weighted by molar-refractivity contribution is 6.18. The van der Waals surface area contributed by atoms with Gasteiger partial charge in [0.1, 0.15) is 0 Å². The summed E-state index contributed by atoms with van der Waals surface area (Å²) in [6.45, 7) is 11.6. The Bertz CT molecular complexity index is 423. The van der Waals surface area contributed by atoms with E-state index in [0.717, 1.165) is 19.6 Å². The molecule has 1 aromatic rings. The lowest BCUT2D eigenvalue weighted by Crippen LogP contribution is -2.46. The molecule has 0 aliphatic carbocycles. The number of morpholine rings is 1. The van der Waals surface area contributed by atoms with Gasteiger partial charge in [-0.25, -0.2) is 0 Å². The largest absolute Gasteiger partial charge is 0.371 e. The second-order valence-electron chi connectivity index (χ2n) is 5.79. The molecule has 2 unspecified atom stereocenters. The van der Waals surface area contributed by atoms with Gasteiger partial charge in [0, 0.05) is 25.5 Å². The van der Waals surface area contributed by atoms with Gasteiger partial charge in [-0.05, 0) is 44.4 Å². The fourth-order valence-corrected chi connectivity index (χ4v) is 3.21. The first-order valence-electron chi connectivity index (χ1n) is 7.00.